The Kier molecular flexibility index (Phi) is 4.05. The van der Waals surface area contributed by atoms with Gasteiger partial charge in [0, 0.05) is 18.9 Å². The van der Waals surface area contributed by atoms with Gasteiger partial charge in [0.25, 0.3) is 0 Å². The maximum Gasteiger partial charge on any atom is 0.173 e. The van der Waals surface area contributed by atoms with E-state index in [0.717, 1.165) is 11.1 Å². The van der Waals surface area contributed by atoms with Gasteiger partial charge in [-0.3, -0.25) is 4.99 Å². The molecule has 0 aromatic heterocycles. The molecule has 17 heavy (non-hydrogen) atoms. The average Bonchev–Trinajstić information content (AvgIpc) is 2.42. The summed E-state index contributed by atoms with van der Waals surface area (Å²) in [5.41, 5.74) is 2.13. The molecule has 0 heterocycles. The van der Waals surface area contributed by atoms with Gasteiger partial charge in [0.15, 0.2) is 6.23 Å². The van der Waals surface area contributed by atoms with Crippen LogP contribution in [0.1, 0.15) is 17.4 Å². The van der Waals surface area contributed by atoms with E-state index in [0.29, 0.717) is 0 Å². The second-order valence-corrected chi connectivity index (χ2v) is 3.69. The molecule has 1 unspecified atom stereocenters. The first-order valence-corrected chi connectivity index (χ1v) is 5.56. The largest absolute Gasteiger partial charge is 0.355 e. The highest BCUT2D eigenvalue weighted by Gasteiger charge is 2.05. The van der Waals surface area contributed by atoms with E-state index in [1.165, 1.54) is 0 Å². The first-order chi connectivity index (χ1) is 8.40. The van der Waals surface area contributed by atoms with Crippen LogP contribution in [0.4, 0.5) is 0 Å². The summed E-state index contributed by atoms with van der Waals surface area (Å²) in [5, 5.41) is 0. The lowest BCUT2D eigenvalue weighted by atomic mass is 10.2. The van der Waals surface area contributed by atoms with Crippen molar-refractivity contribution in [3.05, 3.63) is 71.8 Å². The van der Waals surface area contributed by atoms with Crippen LogP contribution in [-0.2, 0) is 4.74 Å². The van der Waals surface area contributed by atoms with E-state index >= 15 is 0 Å². The molecule has 0 saturated carbocycles. The lowest BCUT2D eigenvalue weighted by molar-refractivity contribution is 0.112. The third kappa shape index (κ3) is 3.26. The molecule has 1 atom stereocenters. The van der Waals surface area contributed by atoms with Crippen LogP contribution in [0, 0.1) is 0 Å². The molecule has 0 bridgehead atoms. The van der Waals surface area contributed by atoms with Crippen molar-refractivity contribution in [1.82, 2.24) is 0 Å². The summed E-state index contributed by atoms with van der Waals surface area (Å²) in [6.07, 6.45) is 1.60. The van der Waals surface area contributed by atoms with Crippen LogP contribution in [0.25, 0.3) is 0 Å². The molecule has 0 aliphatic carbocycles. The van der Waals surface area contributed by atoms with Crippen LogP contribution in [0.2, 0.25) is 0 Å². The molecular formula is C15H15NO. The number of hydrogen-bond donors (Lipinski definition) is 0. The van der Waals surface area contributed by atoms with Gasteiger partial charge in [-0.05, 0) is 5.56 Å². The van der Waals surface area contributed by atoms with Crippen molar-refractivity contribution >= 4 is 6.21 Å². The minimum absolute atomic E-state index is 0.239. The Morgan fingerprint density at radius 3 is 2.12 bits per heavy atom. The summed E-state index contributed by atoms with van der Waals surface area (Å²) >= 11 is 0. The topological polar surface area (TPSA) is 21.6 Å². The van der Waals surface area contributed by atoms with E-state index in [1.807, 2.05) is 66.9 Å². The Morgan fingerprint density at radius 1 is 0.941 bits per heavy atom. The highest BCUT2D eigenvalue weighted by atomic mass is 16.5. The van der Waals surface area contributed by atoms with Crippen molar-refractivity contribution in [3.63, 3.8) is 0 Å². The fraction of sp³-hybridized carbons (Fsp3) is 0.133. The number of aliphatic imine (C=N–C) groups is 1. The maximum absolute atomic E-state index is 5.36. The van der Waals surface area contributed by atoms with Crippen molar-refractivity contribution in [2.45, 2.75) is 6.23 Å². The monoisotopic (exact) mass is 225 g/mol. The molecule has 0 aliphatic heterocycles. The third-order valence-electron chi connectivity index (χ3n) is 2.47. The van der Waals surface area contributed by atoms with Crippen LogP contribution in [0.15, 0.2) is 65.7 Å². The van der Waals surface area contributed by atoms with Crippen LogP contribution in [0.5, 0.6) is 0 Å². The zero-order valence-corrected chi connectivity index (χ0v) is 9.78. The Balaban J connectivity index is 2.14. The van der Waals surface area contributed by atoms with Gasteiger partial charge < -0.3 is 4.74 Å². The molecule has 86 valence electrons. The van der Waals surface area contributed by atoms with Crippen molar-refractivity contribution in [3.8, 4) is 0 Å². The van der Waals surface area contributed by atoms with Crippen molar-refractivity contribution in [1.29, 1.82) is 0 Å². The summed E-state index contributed by atoms with van der Waals surface area (Å²) in [5.74, 6) is 0. The zero-order chi connectivity index (χ0) is 11.9. The molecule has 2 rings (SSSR count). The van der Waals surface area contributed by atoms with Gasteiger partial charge in [0.05, 0.1) is 0 Å². The molecule has 0 saturated heterocycles. The van der Waals surface area contributed by atoms with Gasteiger partial charge in [0.2, 0.25) is 0 Å². The minimum Gasteiger partial charge on any atom is -0.355 e. The van der Waals surface area contributed by atoms with E-state index in [2.05, 4.69) is 4.99 Å². The summed E-state index contributed by atoms with van der Waals surface area (Å²) < 4.78 is 5.36. The first-order valence-electron chi connectivity index (χ1n) is 5.56. The van der Waals surface area contributed by atoms with Gasteiger partial charge in [-0.25, -0.2) is 0 Å². The number of ether oxygens (including phenoxy) is 1. The van der Waals surface area contributed by atoms with Crippen molar-refractivity contribution in [2.24, 2.45) is 4.99 Å². The van der Waals surface area contributed by atoms with E-state index < -0.39 is 0 Å². The summed E-state index contributed by atoms with van der Waals surface area (Å²) in [4.78, 5) is 4.44. The molecule has 2 aromatic rings. The fourth-order valence-corrected chi connectivity index (χ4v) is 1.59. The smallest absolute Gasteiger partial charge is 0.173 e. The van der Waals surface area contributed by atoms with Crippen LogP contribution < -0.4 is 0 Å². The summed E-state index contributed by atoms with van der Waals surface area (Å²) in [7, 11) is 1.67. The van der Waals surface area contributed by atoms with E-state index in [-0.39, 0.29) is 6.23 Å². The number of methoxy groups -OCH3 is 1. The molecule has 0 N–H and O–H groups in total. The SMILES string of the molecule is COC(/N=C/c1ccccc1)c1ccccc1. The van der Waals surface area contributed by atoms with Gasteiger partial charge in [-0.1, -0.05) is 60.7 Å². The van der Waals surface area contributed by atoms with Crippen LogP contribution in [0.3, 0.4) is 0 Å². The number of benzene rings is 2. The van der Waals surface area contributed by atoms with Gasteiger partial charge in [-0.2, -0.15) is 0 Å². The Hall–Kier alpha value is -1.93. The molecule has 2 nitrogen and oxygen atoms in total. The van der Waals surface area contributed by atoms with E-state index in [1.54, 1.807) is 7.11 Å². The maximum atomic E-state index is 5.36. The van der Waals surface area contributed by atoms with Crippen molar-refractivity contribution in [2.75, 3.05) is 7.11 Å². The molecule has 0 aliphatic rings. The van der Waals surface area contributed by atoms with Gasteiger partial charge >= 0.3 is 0 Å². The van der Waals surface area contributed by atoms with E-state index in [9.17, 15) is 0 Å². The Morgan fingerprint density at radius 2 is 1.53 bits per heavy atom. The second-order valence-electron chi connectivity index (χ2n) is 3.69. The van der Waals surface area contributed by atoms with Gasteiger partial charge in [0.1, 0.15) is 0 Å². The molecular weight excluding hydrogens is 210 g/mol. The minimum atomic E-state index is -0.239. The number of nitrogens with zero attached hydrogens (tertiary/aromatic N) is 1. The Bertz CT molecular complexity index is 465. The second kappa shape index (κ2) is 5.97. The zero-order valence-electron chi connectivity index (χ0n) is 9.78. The molecule has 0 fully saturated rings. The highest BCUT2D eigenvalue weighted by molar-refractivity contribution is 5.79. The number of hydrogen-bond acceptors (Lipinski definition) is 2. The van der Waals surface area contributed by atoms with E-state index in [4.69, 9.17) is 4.74 Å². The molecule has 0 amide bonds. The summed E-state index contributed by atoms with van der Waals surface area (Å²) in [6, 6.07) is 20.0. The fourth-order valence-electron chi connectivity index (χ4n) is 1.59. The predicted octanol–water partition coefficient (Wildman–Crippen LogP) is 3.45. The van der Waals surface area contributed by atoms with Crippen LogP contribution >= 0.6 is 0 Å². The van der Waals surface area contributed by atoms with Gasteiger partial charge in [-0.15, -0.1) is 0 Å². The predicted molar refractivity (Wildman–Crippen MR) is 70.2 cm³/mol. The Labute approximate surface area is 102 Å². The molecule has 0 spiro atoms. The standard InChI is InChI=1S/C15H15NO/c1-17-15(14-10-6-3-7-11-14)16-12-13-8-4-2-5-9-13/h2-12,15H,1H3/b16-12+. The lowest BCUT2D eigenvalue weighted by Crippen LogP contribution is -1.98. The summed E-state index contributed by atoms with van der Waals surface area (Å²) in [6.45, 7) is 0. The average molecular weight is 225 g/mol. The molecule has 0 radical (unpaired) electrons. The highest BCUT2D eigenvalue weighted by Crippen LogP contribution is 2.17. The third-order valence-corrected chi connectivity index (χ3v) is 2.47. The quantitative estimate of drug-likeness (QED) is 0.730. The van der Waals surface area contributed by atoms with Crippen molar-refractivity contribution < 1.29 is 4.74 Å². The lowest BCUT2D eigenvalue weighted by Gasteiger charge is -2.10. The van der Waals surface area contributed by atoms with Crippen LogP contribution in [-0.4, -0.2) is 13.3 Å². The first kappa shape index (κ1) is 11.6. The number of rotatable bonds is 4. The normalized spacial score (nSPS) is 12.8. The molecule has 2 heteroatoms. The molecule has 2 aromatic carbocycles.